The summed E-state index contributed by atoms with van der Waals surface area (Å²) in [6.45, 7) is 3.78. The summed E-state index contributed by atoms with van der Waals surface area (Å²) in [5, 5.41) is 59.6. The lowest BCUT2D eigenvalue weighted by molar-refractivity contribution is -0.277. The summed E-state index contributed by atoms with van der Waals surface area (Å²) in [6, 6.07) is -1.38. The second-order valence-electron chi connectivity index (χ2n) is 5.16. The fourth-order valence-electron chi connectivity index (χ4n) is 1.52. The number of ether oxygens (including phenoxy) is 1. The largest absolute Gasteiger partial charge is 0.481 e. The van der Waals surface area contributed by atoms with Crippen molar-refractivity contribution in [1.82, 2.24) is 5.32 Å². The lowest BCUT2D eigenvalue weighted by atomic mass is 9.97. The SMILES string of the molecule is CC(=O)N[C@@H]1[C@@H](O)[C@H](O)[C@@H](CO)OC1(O)Cl.CC(=O)O.CC(=O)O.CC(=O)O. The number of carboxylic acid groups (broad SMARTS) is 3. The van der Waals surface area contributed by atoms with Crippen LogP contribution in [0.25, 0.3) is 0 Å². The Morgan fingerprint density at radius 1 is 0.929 bits per heavy atom. The number of nitrogens with one attached hydrogen (secondary N) is 1. The van der Waals surface area contributed by atoms with Gasteiger partial charge in [0.25, 0.3) is 23.2 Å². The van der Waals surface area contributed by atoms with Crippen molar-refractivity contribution in [3.8, 4) is 0 Å². The summed E-state index contributed by atoms with van der Waals surface area (Å²) in [5.74, 6) is -3.05. The van der Waals surface area contributed by atoms with Crippen LogP contribution in [0.2, 0.25) is 0 Å². The third-order valence-electron chi connectivity index (χ3n) is 2.31. The molecule has 0 aromatic carbocycles. The first-order valence-electron chi connectivity index (χ1n) is 7.41. The predicted octanol–water partition coefficient (Wildman–Crippen LogP) is -2.24. The van der Waals surface area contributed by atoms with Crippen LogP contribution in [0.3, 0.4) is 0 Å². The Bertz CT molecular complexity index is 472. The number of alkyl halides is 1. The number of hydrogen-bond acceptors (Lipinski definition) is 9. The Labute approximate surface area is 165 Å². The molecule has 0 saturated carbocycles. The molecule has 5 atom stereocenters. The van der Waals surface area contributed by atoms with Gasteiger partial charge in [0.05, 0.1) is 6.61 Å². The van der Waals surface area contributed by atoms with E-state index in [0.717, 1.165) is 27.7 Å². The van der Waals surface area contributed by atoms with Gasteiger partial charge in [0.15, 0.2) is 0 Å². The number of carbonyl (C=O) groups excluding carboxylic acids is 1. The highest BCUT2D eigenvalue weighted by Gasteiger charge is 2.52. The maximum absolute atomic E-state index is 10.8. The molecule has 0 spiro atoms. The molecule has 0 aliphatic carbocycles. The number of aliphatic hydroxyl groups is 4. The molecule has 14 heteroatoms. The van der Waals surface area contributed by atoms with Gasteiger partial charge in [0.2, 0.25) is 5.91 Å². The van der Waals surface area contributed by atoms with Crippen LogP contribution in [0.4, 0.5) is 0 Å². The number of rotatable bonds is 2. The molecular weight excluding hydrogens is 410 g/mol. The van der Waals surface area contributed by atoms with E-state index in [1.165, 1.54) is 0 Å². The first kappa shape index (κ1) is 30.7. The summed E-state index contributed by atoms with van der Waals surface area (Å²) in [4.78, 5) is 37.8. The van der Waals surface area contributed by atoms with Crippen LogP contribution in [-0.2, 0) is 23.9 Å². The normalized spacial score (nSPS) is 27.9. The van der Waals surface area contributed by atoms with Crippen LogP contribution in [-0.4, -0.2) is 95.8 Å². The molecule has 13 nitrogen and oxygen atoms in total. The van der Waals surface area contributed by atoms with E-state index < -0.39 is 60.0 Å². The topological polar surface area (TPSA) is 231 Å². The quantitative estimate of drug-likeness (QED) is 0.215. The molecule has 1 aliphatic heterocycles. The number of carbonyl (C=O) groups is 4. The smallest absolute Gasteiger partial charge is 0.300 e. The average Bonchev–Trinajstić information content (AvgIpc) is 2.45. The van der Waals surface area contributed by atoms with Crippen LogP contribution >= 0.6 is 11.6 Å². The Hall–Kier alpha value is -2.03. The van der Waals surface area contributed by atoms with Crippen molar-refractivity contribution in [3.05, 3.63) is 0 Å². The van der Waals surface area contributed by atoms with Crippen LogP contribution < -0.4 is 5.32 Å². The number of carboxylic acids is 3. The predicted molar refractivity (Wildman–Crippen MR) is 92.3 cm³/mol. The zero-order valence-electron chi connectivity index (χ0n) is 15.6. The van der Waals surface area contributed by atoms with Gasteiger partial charge in [-0.1, -0.05) is 11.6 Å². The van der Waals surface area contributed by atoms with Gasteiger partial charge in [-0.3, -0.25) is 19.2 Å². The van der Waals surface area contributed by atoms with E-state index in [2.05, 4.69) is 5.32 Å². The van der Waals surface area contributed by atoms with Gasteiger partial charge in [-0.2, -0.15) is 0 Å². The van der Waals surface area contributed by atoms with Crippen LogP contribution in [0.1, 0.15) is 27.7 Å². The van der Waals surface area contributed by atoms with E-state index in [0.29, 0.717) is 0 Å². The molecule has 0 aromatic rings. The summed E-state index contributed by atoms with van der Waals surface area (Å²) in [7, 11) is 0. The first-order valence-corrected chi connectivity index (χ1v) is 7.79. The van der Waals surface area contributed by atoms with Crippen molar-refractivity contribution >= 4 is 35.4 Å². The van der Waals surface area contributed by atoms with Gasteiger partial charge >= 0.3 is 0 Å². The first-order chi connectivity index (χ1) is 12.5. The molecule has 28 heavy (non-hydrogen) atoms. The van der Waals surface area contributed by atoms with Crippen LogP contribution in [0.5, 0.6) is 0 Å². The number of amides is 1. The fraction of sp³-hybridized carbons (Fsp3) is 0.714. The molecule has 0 aromatic heterocycles. The van der Waals surface area contributed by atoms with E-state index in [1.54, 1.807) is 0 Å². The average molecular weight is 436 g/mol. The van der Waals surface area contributed by atoms with Gasteiger partial charge in [-0.15, -0.1) is 0 Å². The highest BCUT2D eigenvalue weighted by atomic mass is 35.5. The molecular formula is C14H26ClNO12. The highest BCUT2D eigenvalue weighted by Crippen LogP contribution is 2.31. The minimum Gasteiger partial charge on any atom is -0.481 e. The van der Waals surface area contributed by atoms with Crippen LogP contribution in [0.15, 0.2) is 0 Å². The number of hydrogen-bond donors (Lipinski definition) is 8. The maximum Gasteiger partial charge on any atom is 0.300 e. The fourth-order valence-corrected chi connectivity index (χ4v) is 1.82. The molecule has 1 aliphatic rings. The summed E-state index contributed by atoms with van der Waals surface area (Å²) < 4.78 is 4.77. The second kappa shape index (κ2) is 15.0. The molecule has 1 heterocycles. The Morgan fingerprint density at radius 3 is 1.50 bits per heavy atom. The van der Waals surface area contributed by atoms with Crippen LogP contribution in [0, 0.1) is 0 Å². The summed E-state index contributed by atoms with van der Waals surface area (Å²) in [5.41, 5.74) is 0. The molecule has 8 N–H and O–H groups in total. The highest BCUT2D eigenvalue weighted by molar-refractivity contribution is 6.22. The van der Waals surface area contributed by atoms with E-state index in [4.69, 9.17) is 51.1 Å². The van der Waals surface area contributed by atoms with Crippen molar-refractivity contribution in [2.75, 3.05) is 6.61 Å². The second-order valence-corrected chi connectivity index (χ2v) is 5.71. The van der Waals surface area contributed by atoms with Gasteiger partial charge in [-0.05, 0) is 0 Å². The van der Waals surface area contributed by atoms with Gasteiger partial charge in [0, 0.05) is 27.7 Å². The van der Waals surface area contributed by atoms with Crippen molar-refractivity contribution in [1.29, 1.82) is 0 Å². The Balaban J connectivity index is -0.000000427. The van der Waals surface area contributed by atoms with Crippen molar-refractivity contribution in [3.63, 3.8) is 0 Å². The Morgan fingerprint density at radius 2 is 1.25 bits per heavy atom. The zero-order chi connectivity index (χ0) is 23.2. The van der Waals surface area contributed by atoms with Gasteiger partial charge < -0.3 is 45.8 Å². The molecule has 1 unspecified atom stereocenters. The molecule has 166 valence electrons. The number of halogens is 1. The maximum atomic E-state index is 10.8. The van der Waals surface area contributed by atoms with Gasteiger partial charge in [0.1, 0.15) is 24.4 Å². The molecule has 0 radical (unpaired) electrons. The lowest BCUT2D eigenvalue weighted by Crippen LogP contribution is -2.68. The monoisotopic (exact) mass is 435 g/mol. The lowest BCUT2D eigenvalue weighted by Gasteiger charge is -2.44. The zero-order valence-corrected chi connectivity index (χ0v) is 16.3. The van der Waals surface area contributed by atoms with Crippen molar-refractivity contribution in [2.45, 2.75) is 57.3 Å². The summed E-state index contributed by atoms with van der Waals surface area (Å²) >= 11 is 5.55. The minimum atomic E-state index is -2.38. The molecule has 1 amide bonds. The summed E-state index contributed by atoms with van der Waals surface area (Å²) in [6.07, 6.45) is -4.22. The van der Waals surface area contributed by atoms with Gasteiger partial charge in [-0.25, -0.2) is 0 Å². The van der Waals surface area contributed by atoms with E-state index in [1.807, 2.05) is 0 Å². The standard InChI is InChI=1S/C8H14ClNO6.3C2H4O2/c1-3(12)10-7-6(14)5(13)4(2-11)16-8(7,9)15;3*1-2(3)4/h4-7,11,13-15H,2H2,1H3,(H,10,12);3*1H3,(H,3,4)/t4-,5-,6+,7-,8?;;;/m1.../s1. The van der Waals surface area contributed by atoms with E-state index in [-0.39, 0.29) is 0 Å². The molecule has 1 saturated heterocycles. The Kier molecular flexibility index (Phi) is 16.4. The third kappa shape index (κ3) is 17.4. The molecule has 1 rings (SSSR count). The minimum absolute atomic E-state index is 0.554. The third-order valence-corrected chi connectivity index (χ3v) is 2.64. The van der Waals surface area contributed by atoms with Crippen molar-refractivity contribution in [2.24, 2.45) is 0 Å². The molecule has 0 bridgehead atoms. The number of aliphatic carboxylic acids is 3. The van der Waals surface area contributed by atoms with Crippen molar-refractivity contribution < 1.29 is 59.7 Å². The molecule has 1 fully saturated rings. The van der Waals surface area contributed by atoms with E-state index >= 15 is 0 Å². The van der Waals surface area contributed by atoms with E-state index in [9.17, 15) is 20.1 Å². The number of aliphatic hydroxyl groups excluding tert-OH is 3.